The molecule has 0 saturated carbocycles. The van der Waals surface area contributed by atoms with E-state index in [-0.39, 0.29) is 31.0 Å². The Morgan fingerprint density at radius 1 is 1.25 bits per heavy atom. The summed E-state index contributed by atoms with van der Waals surface area (Å²) in [6, 6.07) is 5.62. The number of carboxylic acids is 1. The third-order valence-electron chi connectivity index (χ3n) is 4.80. The zero-order chi connectivity index (χ0) is 20.4. The molecule has 0 aliphatic carbocycles. The van der Waals surface area contributed by atoms with Gasteiger partial charge in [-0.2, -0.15) is 0 Å². The summed E-state index contributed by atoms with van der Waals surface area (Å²) in [4.78, 5) is 38.9. The number of hydrogen-bond acceptors (Lipinski definition) is 4. The molecule has 0 atom stereocenters. The van der Waals surface area contributed by atoms with Crippen molar-refractivity contribution in [3.8, 4) is 0 Å². The molecule has 28 heavy (non-hydrogen) atoms. The highest BCUT2D eigenvalue weighted by Crippen LogP contribution is 2.36. The summed E-state index contributed by atoms with van der Waals surface area (Å²) in [6.45, 7) is 5.61. The van der Waals surface area contributed by atoms with Gasteiger partial charge in [-0.15, -0.1) is 0 Å². The van der Waals surface area contributed by atoms with Crippen LogP contribution in [0.4, 0.5) is 5.69 Å². The number of carbonyl (C=O) groups excluding carboxylic acids is 2. The number of aromatic amines is 1. The van der Waals surface area contributed by atoms with Crippen molar-refractivity contribution in [1.29, 1.82) is 0 Å². The maximum absolute atomic E-state index is 12.5. The maximum Gasteiger partial charge on any atom is 0.355 e. The van der Waals surface area contributed by atoms with E-state index in [1.165, 1.54) is 0 Å². The summed E-state index contributed by atoms with van der Waals surface area (Å²) < 4.78 is 5.08. The number of carbonyl (C=O) groups is 3. The summed E-state index contributed by atoms with van der Waals surface area (Å²) in [6.07, 6.45) is 1.83. The van der Waals surface area contributed by atoms with Crippen molar-refractivity contribution < 1.29 is 24.2 Å². The van der Waals surface area contributed by atoms with Crippen molar-refractivity contribution in [2.75, 3.05) is 11.9 Å². The molecule has 1 aliphatic rings. The fraction of sp³-hybridized carbons (Fsp3) is 0.286. The second kappa shape index (κ2) is 7.72. The van der Waals surface area contributed by atoms with Crippen LogP contribution in [-0.4, -0.2) is 34.5 Å². The molecule has 0 unspecified atom stereocenters. The van der Waals surface area contributed by atoms with E-state index < -0.39 is 11.9 Å². The number of rotatable bonds is 6. The van der Waals surface area contributed by atoms with Crippen molar-refractivity contribution >= 4 is 35.2 Å². The van der Waals surface area contributed by atoms with Gasteiger partial charge in [-0.25, -0.2) is 4.79 Å². The highest BCUT2D eigenvalue weighted by Gasteiger charge is 2.27. The Hall–Kier alpha value is -3.35. The third-order valence-corrected chi connectivity index (χ3v) is 4.80. The molecule has 2 heterocycles. The molecular formula is C21H22N2O5. The number of anilines is 1. The van der Waals surface area contributed by atoms with Crippen molar-refractivity contribution in [3.63, 3.8) is 0 Å². The number of H-pyrrole nitrogens is 1. The van der Waals surface area contributed by atoms with Crippen LogP contribution in [0.25, 0.3) is 11.6 Å². The highest BCUT2D eigenvalue weighted by molar-refractivity contribution is 6.35. The Morgan fingerprint density at radius 3 is 2.68 bits per heavy atom. The average Bonchev–Trinajstić information content (AvgIpc) is 3.11. The number of carboxylic acid groups (broad SMARTS) is 1. The van der Waals surface area contributed by atoms with Gasteiger partial charge in [0.15, 0.2) is 0 Å². The molecule has 0 spiro atoms. The van der Waals surface area contributed by atoms with E-state index in [0.29, 0.717) is 22.4 Å². The number of amides is 1. The predicted octanol–water partition coefficient (Wildman–Crippen LogP) is 3.32. The number of aryl methyl sites for hydroxylation is 1. The van der Waals surface area contributed by atoms with Gasteiger partial charge >= 0.3 is 11.9 Å². The van der Waals surface area contributed by atoms with Crippen LogP contribution in [0.3, 0.4) is 0 Å². The summed E-state index contributed by atoms with van der Waals surface area (Å²) in [5, 5.41) is 11.9. The van der Waals surface area contributed by atoms with E-state index in [1.54, 1.807) is 19.9 Å². The van der Waals surface area contributed by atoms with Gasteiger partial charge in [-0.1, -0.05) is 12.1 Å². The van der Waals surface area contributed by atoms with E-state index in [9.17, 15) is 14.4 Å². The fourth-order valence-electron chi connectivity index (χ4n) is 3.46. The number of nitrogens with one attached hydrogen (secondary N) is 2. The average molecular weight is 382 g/mol. The van der Waals surface area contributed by atoms with Gasteiger partial charge in [-0.05, 0) is 56.0 Å². The molecule has 1 aromatic heterocycles. The number of benzene rings is 1. The SMILES string of the molecule is CCOC(=O)c1[nH]c(C=C2C(=O)Nc3cccc(C)c32)c(CCC(=O)O)c1C. The van der Waals surface area contributed by atoms with Crippen molar-refractivity contribution in [2.45, 2.75) is 33.6 Å². The van der Waals surface area contributed by atoms with Crippen LogP contribution in [0.15, 0.2) is 18.2 Å². The first-order valence-corrected chi connectivity index (χ1v) is 9.06. The number of esters is 1. The minimum absolute atomic E-state index is 0.0844. The Morgan fingerprint density at radius 2 is 2.00 bits per heavy atom. The van der Waals surface area contributed by atoms with E-state index in [1.807, 2.05) is 25.1 Å². The summed E-state index contributed by atoms with van der Waals surface area (Å²) in [5.41, 5.74) is 5.10. The van der Waals surface area contributed by atoms with Gasteiger partial charge < -0.3 is 20.1 Å². The molecule has 0 bridgehead atoms. The lowest BCUT2D eigenvalue weighted by molar-refractivity contribution is -0.137. The topological polar surface area (TPSA) is 108 Å². The first-order chi connectivity index (χ1) is 13.3. The van der Waals surface area contributed by atoms with Crippen molar-refractivity contribution in [3.05, 3.63) is 51.8 Å². The van der Waals surface area contributed by atoms with E-state index in [4.69, 9.17) is 9.84 Å². The monoisotopic (exact) mass is 382 g/mol. The highest BCUT2D eigenvalue weighted by atomic mass is 16.5. The van der Waals surface area contributed by atoms with Crippen LogP contribution in [0.2, 0.25) is 0 Å². The minimum Gasteiger partial charge on any atom is -0.481 e. The zero-order valence-corrected chi connectivity index (χ0v) is 16.0. The molecule has 2 aromatic rings. The normalized spacial score (nSPS) is 14.1. The van der Waals surface area contributed by atoms with Gasteiger partial charge in [0, 0.05) is 23.4 Å². The van der Waals surface area contributed by atoms with Gasteiger partial charge in [-0.3, -0.25) is 9.59 Å². The predicted molar refractivity (Wildman–Crippen MR) is 105 cm³/mol. The standard InChI is InChI=1S/C21H22N2O5/c1-4-28-21(27)19-12(3)13(8-9-17(24)25)16(22-19)10-14-18-11(2)6-5-7-15(18)23-20(14)26/h5-7,10,22H,4,8-9H2,1-3H3,(H,23,26)(H,24,25). The minimum atomic E-state index is -0.934. The Bertz CT molecular complexity index is 1000. The second-order valence-corrected chi connectivity index (χ2v) is 6.64. The number of hydrogen-bond donors (Lipinski definition) is 3. The second-order valence-electron chi connectivity index (χ2n) is 6.64. The first kappa shape index (κ1) is 19.4. The lowest BCUT2D eigenvalue weighted by Gasteiger charge is -2.04. The number of fused-ring (bicyclic) bond motifs is 1. The number of aliphatic carboxylic acids is 1. The molecule has 1 aromatic carbocycles. The quantitative estimate of drug-likeness (QED) is 0.525. The molecule has 3 N–H and O–H groups in total. The fourth-order valence-corrected chi connectivity index (χ4v) is 3.46. The van der Waals surface area contributed by atoms with Gasteiger partial charge in [0.2, 0.25) is 0 Å². The van der Waals surface area contributed by atoms with Gasteiger partial charge in [0.05, 0.1) is 12.2 Å². The lowest BCUT2D eigenvalue weighted by Crippen LogP contribution is -2.07. The molecule has 0 saturated heterocycles. The van der Waals surface area contributed by atoms with Crippen molar-refractivity contribution in [2.24, 2.45) is 0 Å². The van der Waals surface area contributed by atoms with Crippen LogP contribution in [0, 0.1) is 13.8 Å². The van der Waals surface area contributed by atoms with E-state index >= 15 is 0 Å². The summed E-state index contributed by atoms with van der Waals surface area (Å²) in [5.74, 6) is -1.68. The smallest absolute Gasteiger partial charge is 0.355 e. The summed E-state index contributed by atoms with van der Waals surface area (Å²) in [7, 11) is 0. The molecule has 0 radical (unpaired) electrons. The van der Waals surface area contributed by atoms with Crippen LogP contribution < -0.4 is 5.32 Å². The third kappa shape index (κ3) is 3.55. The van der Waals surface area contributed by atoms with Crippen LogP contribution >= 0.6 is 0 Å². The van der Waals surface area contributed by atoms with E-state index in [2.05, 4.69) is 10.3 Å². The van der Waals surface area contributed by atoms with Crippen LogP contribution in [0.5, 0.6) is 0 Å². The van der Waals surface area contributed by atoms with Crippen LogP contribution in [0.1, 0.15) is 51.8 Å². The van der Waals surface area contributed by atoms with Gasteiger partial charge in [0.25, 0.3) is 5.91 Å². The maximum atomic E-state index is 12.5. The lowest BCUT2D eigenvalue weighted by atomic mass is 9.98. The molecule has 7 heteroatoms. The first-order valence-electron chi connectivity index (χ1n) is 9.06. The Kier molecular flexibility index (Phi) is 5.35. The number of ether oxygens (including phenoxy) is 1. The van der Waals surface area contributed by atoms with E-state index in [0.717, 1.165) is 16.8 Å². The largest absolute Gasteiger partial charge is 0.481 e. The Labute approximate surface area is 162 Å². The van der Waals surface area contributed by atoms with Crippen LogP contribution in [-0.2, 0) is 20.7 Å². The van der Waals surface area contributed by atoms with Gasteiger partial charge in [0.1, 0.15) is 5.69 Å². The Balaban J connectivity index is 2.12. The molecule has 146 valence electrons. The molecule has 0 fully saturated rings. The molecule has 1 aliphatic heterocycles. The molecule has 3 rings (SSSR count). The molecular weight excluding hydrogens is 360 g/mol. The zero-order valence-electron chi connectivity index (χ0n) is 16.0. The van der Waals surface area contributed by atoms with Crippen molar-refractivity contribution in [1.82, 2.24) is 4.98 Å². The molecule has 7 nitrogen and oxygen atoms in total. The summed E-state index contributed by atoms with van der Waals surface area (Å²) >= 11 is 0. The number of aromatic nitrogens is 1. The molecule has 1 amide bonds.